The fraction of sp³-hybridized carbons (Fsp3) is 0.538. The lowest BCUT2D eigenvalue weighted by atomic mass is 9.96. The molecule has 1 saturated heterocycles. The molecule has 16 heavy (non-hydrogen) atoms. The van der Waals surface area contributed by atoms with Crippen LogP contribution in [0.2, 0.25) is 0 Å². The van der Waals surface area contributed by atoms with Gasteiger partial charge >= 0.3 is 0 Å². The molecule has 1 aliphatic heterocycles. The Balaban J connectivity index is 2.08. The van der Waals surface area contributed by atoms with Gasteiger partial charge in [0.1, 0.15) is 6.04 Å². The van der Waals surface area contributed by atoms with Gasteiger partial charge in [-0.2, -0.15) is 5.26 Å². The molecule has 3 heteroatoms. The highest BCUT2D eigenvalue weighted by Crippen LogP contribution is 2.18. The van der Waals surface area contributed by atoms with Crippen molar-refractivity contribution in [3.05, 3.63) is 30.1 Å². The summed E-state index contributed by atoms with van der Waals surface area (Å²) in [7, 11) is 0. The maximum absolute atomic E-state index is 8.68. The number of piperidine rings is 1. The van der Waals surface area contributed by atoms with Crippen molar-refractivity contribution >= 4 is 0 Å². The third kappa shape index (κ3) is 2.59. The Kier molecular flexibility index (Phi) is 3.90. The second-order valence-corrected chi connectivity index (χ2v) is 4.40. The molecule has 0 amide bonds. The molecule has 0 aromatic carbocycles. The number of nitrogens with one attached hydrogen (secondary N) is 1. The number of rotatable bonds is 3. The van der Waals surface area contributed by atoms with E-state index in [0.717, 1.165) is 6.54 Å². The zero-order chi connectivity index (χ0) is 11.2. The molecule has 2 rings (SSSR count). The summed E-state index contributed by atoms with van der Waals surface area (Å²) < 4.78 is 0. The van der Waals surface area contributed by atoms with E-state index in [-0.39, 0.29) is 0 Å². The van der Waals surface area contributed by atoms with E-state index < -0.39 is 0 Å². The van der Waals surface area contributed by atoms with E-state index in [9.17, 15) is 0 Å². The van der Waals surface area contributed by atoms with Crippen molar-refractivity contribution in [1.82, 2.24) is 4.98 Å². The molecule has 2 heterocycles. The first-order valence-corrected chi connectivity index (χ1v) is 6.03. The lowest BCUT2D eigenvalue weighted by Crippen LogP contribution is -3.13. The third-order valence-electron chi connectivity index (χ3n) is 3.38. The van der Waals surface area contributed by atoms with E-state index in [1.807, 2.05) is 18.5 Å². The standard InChI is InChI=1S/C13H17N3/c14-7-4-10-16-9-2-1-6-13(16)12-5-3-8-15-11-12/h3,5,8,11,13H,1-2,4,6,9-10H2/p+1/t13-/m0/s1. The Bertz CT molecular complexity index is 355. The van der Waals surface area contributed by atoms with Gasteiger partial charge in [0.2, 0.25) is 0 Å². The summed E-state index contributed by atoms with van der Waals surface area (Å²) in [6.07, 6.45) is 8.27. The van der Waals surface area contributed by atoms with Gasteiger partial charge in [-0.25, -0.2) is 0 Å². The summed E-state index contributed by atoms with van der Waals surface area (Å²) in [6.45, 7) is 2.16. The van der Waals surface area contributed by atoms with Crippen molar-refractivity contribution in [1.29, 1.82) is 5.26 Å². The normalized spacial score (nSPS) is 24.9. The molecule has 1 aromatic heterocycles. The maximum atomic E-state index is 8.68. The van der Waals surface area contributed by atoms with Crippen LogP contribution in [-0.4, -0.2) is 18.1 Å². The number of quaternary nitrogens is 1. The summed E-state index contributed by atoms with van der Waals surface area (Å²) in [5.74, 6) is 0. The van der Waals surface area contributed by atoms with E-state index >= 15 is 0 Å². The molecule has 1 fully saturated rings. The van der Waals surface area contributed by atoms with E-state index in [1.54, 1.807) is 4.90 Å². The van der Waals surface area contributed by atoms with Gasteiger partial charge in [-0.05, 0) is 18.9 Å². The van der Waals surface area contributed by atoms with Crippen LogP contribution in [0.3, 0.4) is 0 Å². The molecule has 0 radical (unpaired) electrons. The highest BCUT2D eigenvalue weighted by Gasteiger charge is 2.27. The van der Waals surface area contributed by atoms with Crippen LogP contribution >= 0.6 is 0 Å². The number of nitrogens with zero attached hydrogens (tertiary/aromatic N) is 2. The Hall–Kier alpha value is -1.40. The van der Waals surface area contributed by atoms with Crippen LogP contribution < -0.4 is 4.90 Å². The van der Waals surface area contributed by atoms with E-state index in [4.69, 9.17) is 5.26 Å². The summed E-state index contributed by atoms with van der Waals surface area (Å²) in [6, 6.07) is 6.97. The first kappa shape index (κ1) is 11.1. The van der Waals surface area contributed by atoms with Gasteiger partial charge < -0.3 is 4.90 Å². The minimum atomic E-state index is 0.552. The number of hydrogen-bond donors (Lipinski definition) is 1. The molecule has 2 atom stereocenters. The molecule has 0 bridgehead atoms. The Labute approximate surface area is 96.7 Å². The van der Waals surface area contributed by atoms with E-state index in [0.29, 0.717) is 12.5 Å². The minimum Gasteiger partial charge on any atom is -0.328 e. The highest BCUT2D eigenvalue weighted by atomic mass is 15.2. The second kappa shape index (κ2) is 5.62. The molecule has 1 aromatic rings. The first-order valence-electron chi connectivity index (χ1n) is 6.03. The molecule has 3 nitrogen and oxygen atoms in total. The molecular weight excluding hydrogens is 198 g/mol. The van der Waals surface area contributed by atoms with Gasteiger partial charge in [0.25, 0.3) is 0 Å². The lowest BCUT2D eigenvalue weighted by molar-refractivity contribution is -0.936. The Morgan fingerprint density at radius 1 is 1.50 bits per heavy atom. The Morgan fingerprint density at radius 2 is 2.44 bits per heavy atom. The molecule has 1 unspecified atom stereocenters. The average molecular weight is 216 g/mol. The van der Waals surface area contributed by atoms with Crippen LogP contribution in [0.5, 0.6) is 0 Å². The van der Waals surface area contributed by atoms with Crippen molar-refractivity contribution in [2.24, 2.45) is 0 Å². The third-order valence-corrected chi connectivity index (χ3v) is 3.38. The van der Waals surface area contributed by atoms with Crippen LogP contribution in [0.1, 0.15) is 37.3 Å². The van der Waals surface area contributed by atoms with Gasteiger partial charge in [0.05, 0.1) is 25.6 Å². The van der Waals surface area contributed by atoms with Gasteiger partial charge in [0.15, 0.2) is 0 Å². The molecule has 0 spiro atoms. The lowest BCUT2D eigenvalue weighted by Gasteiger charge is -2.32. The number of likely N-dealkylation sites (tertiary alicyclic amines) is 1. The van der Waals surface area contributed by atoms with Crippen LogP contribution in [0.25, 0.3) is 0 Å². The predicted octanol–water partition coefficient (Wildman–Crippen LogP) is 1.11. The van der Waals surface area contributed by atoms with Gasteiger partial charge in [-0.1, -0.05) is 6.07 Å². The molecule has 1 N–H and O–H groups in total. The zero-order valence-corrected chi connectivity index (χ0v) is 9.52. The van der Waals surface area contributed by atoms with Gasteiger partial charge in [-0.3, -0.25) is 4.98 Å². The number of aromatic nitrogens is 1. The maximum Gasteiger partial charge on any atom is 0.115 e. The summed E-state index contributed by atoms with van der Waals surface area (Å²) in [5, 5.41) is 8.68. The fourth-order valence-electron chi connectivity index (χ4n) is 2.58. The summed E-state index contributed by atoms with van der Waals surface area (Å²) in [4.78, 5) is 5.75. The van der Waals surface area contributed by atoms with E-state index in [2.05, 4.69) is 17.1 Å². The average Bonchev–Trinajstić information content (AvgIpc) is 2.38. The fourth-order valence-corrected chi connectivity index (χ4v) is 2.58. The SMILES string of the molecule is N#CCC[NH+]1CCCC[C@H]1c1cccnc1. The summed E-state index contributed by atoms with van der Waals surface area (Å²) in [5.41, 5.74) is 1.33. The van der Waals surface area contributed by atoms with Crippen LogP contribution in [-0.2, 0) is 0 Å². The quantitative estimate of drug-likeness (QED) is 0.822. The van der Waals surface area contributed by atoms with Crippen LogP contribution in [0.4, 0.5) is 0 Å². The first-order chi connectivity index (χ1) is 7.92. The molecule has 0 saturated carbocycles. The zero-order valence-electron chi connectivity index (χ0n) is 9.52. The number of nitriles is 1. The van der Waals surface area contributed by atoms with Crippen molar-refractivity contribution in [3.63, 3.8) is 0 Å². The number of pyridine rings is 1. The second-order valence-electron chi connectivity index (χ2n) is 4.40. The van der Waals surface area contributed by atoms with Gasteiger partial charge in [0, 0.05) is 24.4 Å². The van der Waals surface area contributed by atoms with Crippen LogP contribution in [0, 0.1) is 11.3 Å². The smallest absolute Gasteiger partial charge is 0.115 e. The highest BCUT2D eigenvalue weighted by molar-refractivity contribution is 5.11. The van der Waals surface area contributed by atoms with Crippen LogP contribution in [0.15, 0.2) is 24.5 Å². The molecule has 84 valence electrons. The monoisotopic (exact) mass is 216 g/mol. The van der Waals surface area contributed by atoms with Crippen molar-refractivity contribution in [3.8, 4) is 6.07 Å². The minimum absolute atomic E-state index is 0.552. The largest absolute Gasteiger partial charge is 0.328 e. The summed E-state index contributed by atoms with van der Waals surface area (Å²) >= 11 is 0. The number of hydrogen-bond acceptors (Lipinski definition) is 2. The topological polar surface area (TPSA) is 41.1 Å². The molecular formula is C13H18N3+. The molecule has 0 aliphatic carbocycles. The van der Waals surface area contributed by atoms with Crippen molar-refractivity contribution in [2.45, 2.75) is 31.7 Å². The van der Waals surface area contributed by atoms with Crippen molar-refractivity contribution < 1.29 is 4.90 Å². The van der Waals surface area contributed by atoms with E-state index in [1.165, 1.54) is 31.4 Å². The Morgan fingerprint density at radius 3 is 3.19 bits per heavy atom. The van der Waals surface area contributed by atoms with Gasteiger partial charge in [-0.15, -0.1) is 0 Å². The predicted molar refractivity (Wildman–Crippen MR) is 61.8 cm³/mol. The molecule has 1 aliphatic rings. The van der Waals surface area contributed by atoms with Crippen molar-refractivity contribution in [2.75, 3.05) is 13.1 Å².